The summed E-state index contributed by atoms with van der Waals surface area (Å²) in [6.45, 7) is 2.25. The van der Waals surface area contributed by atoms with E-state index < -0.39 is 4.92 Å². The molecule has 6 nitrogen and oxygen atoms in total. The van der Waals surface area contributed by atoms with Crippen LogP contribution in [0.2, 0.25) is 0 Å². The van der Waals surface area contributed by atoms with Gasteiger partial charge in [-0.05, 0) is 35.0 Å². The normalized spacial score (nSPS) is 13.9. The van der Waals surface area contributed by atoms with Gasteiger partial charge in [0.1, 0.15) is 0 Å². The van der Waals surface area contributed by atoms with Crippen molar-refractivity contribution >= 4 is 39.9 Å². The number of benzene rings is 1. The molecule has 1 aliphatic heterocycles. The summed E-state index contributed by atoms with van der Waals surface area (Å²) < 4.78 is 0.420. The van der Waals surface area contributed by atoms with E-state index in [1.54, 1.807) is 0 Å². The molecule has 2 rings (SSSR count). The molecule has 0 aromatic heterocycles. The van der Waals surface area contributed by atoms with Crippen molar-refractivity contribution in [2.75, 3.05) is 19.6 Å². The zero-order chi connectivity index (χ0) is 14.5. The number of non-ortho nitro benzene ring substituents is 1. The van der Waals surface area contributed by atoms with Gasteiger partial charge in [0.2, 0.25) is 0 Å². The van der Waals surface area contributed by atoms with E-state index in [0.717, 1.165) is 19.5 Å². The molecule has 0 atom stereocenters. The zero-order valence-corrected chi connectivity index (χ0v) is 13.5. The van der Waals surface area contributed by atoms with Gasteiger partial charge in [0.15, 0.2) is 0 Å². The number of hydrogen-bond acceptors (Lipinski definition) is 4. The quantitative estimate of drug-likeness (QED) is 0.480. The Kier molecular flexibility index (Phi) is 6.80. The number of amides is 1. The first-order valence-corrected chi connectivity index (χ1v) is 6.98. The summed E-state index contributed by atoms with van der Waals surface area (Å²) in [4.78, 5) is 22.2. The molecule has 0 saturated heterocycles. The summed E-state index contributed by atoms with van der Waals surface area (Å²) in [5.41, 5.74) is 1.54. The minimum Gasteiger partial charge on any atom is -0.348 e. The average Bonchev–Trinajstić information content (AvgIpc) is 2.45. The van der Waals surface area contributed by atoms with Crippen molar-refractivity contribution in [1.29, 1.82) is 0 Å². The number of carbonyl (C=O) groups excluding carboxylic acids is 1. The predicted molar refractivity (Wildman–Crippen MR) is 85.9 cm³/mol. The molecule has 0 fully saturated rings. The van der Waals surface area contributed by atoms with E-state index in [1.165, 1.54) is 23.8 Å². The molecule has 0 aliphatic carbocycles. The SMILES string of the molecule is Cl.O=C(NCC1=CCNCC1)c1ccc([N+](=O)[O-])cc1Br. The molecule has 0 saturated carbocycles. The van der Waals surface area contributed by atoms with Crippen LogP contribution in [-0.4, -0.2) is 30.5 Å². The van der Waals surface area contributed by atoms with E-state index in [0.29, 0.717) is 16.6 Å². The van der Waals surface area contributed by atoms with E-state index in [-0.39, 0.29) is 24.0 Å². The molecule has 1 aromatic rings. The molecule has 0 bridgehead atoms. The van der Waals surface area contributed by atoms with E-state index in [9.17, 15) is 14.9 Å². The first-order chi connectivity index (χ1) is 9.58. The maximum atomic E-state index is 12.0. The van der Waals surface area contributed by atoms with E-state index in [1.807, 2.05) is 0 Å². The molecule has 1 heterocycles. The number of hydrogen-bond donors (Lipinski definition) is 2. The fraction of sp³-hybridized carbons (Fsp3) is 0.308. The Labute approximate surface area is 136 Å². The number of halogens is 2. The van der Waals surface area contributed by atoms with Crippen molar-refractivity contribution in [1.82, 2.24) is 10.6 Å². The number of nitro benzene ring substituents is 1. The van der Waals surface area contributed by atoms with Gasteiger partial charge in [0.25, 0.3) is 11.6 Å². The Balaban J connectivity index is 0.00000220. The maximum absolute atomic E-state index is 12.0. The molecule has 0 spiro atoms. The Bertz CT molecular complexity index is 578. The largest absolute Gasteiger partial charge is 0.348 e. The van der Waals surface area contributed by atoms with Gasteiger partial charge in [-0.25, -0.2) is 0 Å². The summed E-state index contributed by atoms with van der Waals surface area (Å²) in [6, 6.07) is 4.11. The third-order valence-electron chi connectivity index (χ3n) is 3.04. The summed E-state index contributed by atoms with van der Waals surface area (Å²) >= 11 is 3.19. The van der Waals surface area contributed by atoms with Crippen LogP contribution in [0, 0.1) is 10.1 Å². The van der Waals surface area contributed by atoms with Gasteiger partial charge in [0.05, 0.1) is 10.5 Å². The van der Waals surface area contributed by atoms with Crippen molar-refractivity contribution in [2.45, 2.75) is 6.42 Å². The molecule has 21 heavy (non-hydrogen) atoms. The number of nitrogens with one attached hydrogen (secondary N) is 2. The average molecular weight is 377 g/mol. The summed E-state index contributed by atoms with van der Waals surface area (Å²) in [7, 11) is 0. The third-order valence-corrected chi connectivity index (χ3v) is 3.70. The molecule has 1 aromatic carbocycles. The lowest BCUT2D eigenvalue weighted by molar-refractivity contribution is -0.384. The van der Waals surface area contributed by atoms with Gasteiger partial charge < -0.3 is 10.6 Å². The molecule has 114 valence electrons. The Hall–Kier alpha value is -1.44. The molecule has 2 N–H and O–H groups in total. The molecule has 0 radical (unpaired) electrons. The maximum Gasteiger partial charge on any atom is 0.270 e. The van der Waals surface area contributed by atoms with Crippen LogP contribution in [0.4, 0.5) is 5.69 Å². The Morgan fingerprint density at radius 2 is 2.24 bits per heavy atom. The molecule has 8 heteroatoms. The van der Waals surface area contributed by atoms with Crippen LogP contribution in [0.25, 0.3) is 0 Å². The second kappa shape index (κ2) is 8.11. The second-order valence-electron chi connectivity index (χ2n) is 4.42. The first kappa shape index (κ1) is 17.6. The van der Waals surface area contributed by atoms with Crippen molar-refractivity contribution in [3.63, 3.8) is 0 Å². The molecular formula is C13H15BrClN3O3. The summed E-state index contributed by atoms with van der Waals surface area (Å²) in [5.74, 6) is -0.244. The first-order valence-electron chi connectivity index (χ1n) is 6.18. The van der Waals surface area contributed by atoms with Crippen molar-refractivity contribution in [2.24, 2.45) is 0 Å². The van der Waals surface area contributed by atoms with Crippen LogP contribution in [0.5, 0.6) is 0 Å². The standard InChI is InChI=1S/C13H14BrN3O3.ClH/c14-12-7-10(17(19)20)1-2-11(12)13(18)16-8-9-3-5-15-6-4-9;/h1-3,7,15H,4-6,8H2,(H,16,18);1H. The summed E-state index contributed by atoms with van der Waals surface area (Å²) in [5, 5.41) is 16.7. The van der Waals surface area contributed by atoms with Crippen molar-refractivity contribution in [3.8, 4) is 0 Å². The number of nitrogens with zero attached hydrogens (tertiary/aromatic N) is 1. The van der Waals surface area contributed by atoms with Crippen molar-refractivity contribution in [3.05, 3.63) is 50.0 Å². The predicted octanol–water partition coefficient (Wildman–Crippen LogP) is 2.43. The van der Waals surface area contributed by atoms with Gasteiger partial charge >= 0.3 is 0 Å². The smallest absolute Gasteiger partial charge is 0.270 e. The third kappa shape index (κ3) is 4.80. The fourth-order valence-electron chi connectivity index (χ4n) is 1.92. The fourth-order valence-corrected chi connectivity index (χ4v) is 2.47. The van der Waals surface area contributed by atoms with Gasteiger partial charge in [-0.15, -0.1) is 12.4 Å². The molecule has 0 unspecified atom stereocenters. The second-order valence-corrected chi connectivity index (χ2v) is 5.27. The van der Waals surface area contributed by atoms with E-state index in [4.69, 9.17) is 0 Å². The highest BCUT2D eigenvalue weighted by Gasteiger charge is 2.14. The Morgan fingerprint density at radius 1 is 1.48 bits per heavy atom. The lowest BCUT2D eigenvalue weighted by atomic mass is 10.1. The van der Waals surface area contributed by atoms with Gasteiger partial charge in [-0.1, -0.05) is 11.6 Å². The van der Waals surface area contributed by atoms with Crippen LogP contribution in [0.1, 0.15) is 16.8 Å². The zero-order valence-electron chi connectivity index (χ0n) is 11.1. The minimum absolute atomic E-state index is 0. The van der Waals surface area contributed by atoms with Crippen LogP contribution in [0.3, 0.4) is 0 Å². The highest BCUT2D eigenvalue weighted by atomic mass is 79.9. The van der Waals surface area contributed by atoms with Crippen LogP contribution in [-0.2, 0) is 0 Å². The van der Waals surface area contributed by atoms with Gasteiger partial charge in [-0.2, -0.15) is 0 Å². The minimum atomic E-state index is -0.494. The highest BCUT2D eigenvalue weighted by Crippen LogP contribution is 2.22. The van der Waals surface area contributed by atoms with Crippen LogP contribution in [0.15, 0.2) is 34.3 Å². The van der Waals surface area contributed by atoms with Crippen molar-refractivity contribution < 1.29 is 9.72 Å². The topological polar surface area (TPSA) is 84.3 Å². The van der Waals surface area contributed by atoms with E-state index in [2.05, 4.69) is 32.6 Å². The number of carbonyl (C=O) groups is 1. The lowest BCUT2D eigenvalue weighted by Crippen LogP contribution is -2.29. The van der Waals surface area contributed by atoms with Gasteiger partial charge in [0, 0.05) is 29.7 Å². The Morgan fingerprint density at radius 3 is 2.81 bits per heavy atom. The summed E-state index contributed by atoms with van der Waals surface area (Å²) in [6.07, 6.45) is 2.98. The number of nitro groups is 1. The number of rotatable bonds is 4. The van der Waals surface area contributed by atoms with Crippen LogP contribution >= 0.6 is 28.3 Å². The lowest BCUT2D eigenvalue weighted by Gasteiger charge is -2.14. The van der Waals surface area contributed by atoms with E-state index >= 15 is 0 Å². The van der Waals surface area contributed by atoms with Crippen LogP contribution < -0.4 is 10.6 Å². The van der Waals surface area contributed by atoms with Gasteiger partial charge in [-0.3, -0.25) is 14.9 Å². The molecule has 1 amide bonds. The monoisotopic (exact) mass is 375 g/mol. The molecule has 1 aliphatic rings. The highest BCUT2D eigenvalue weighted by molar-refractivity contribution is 9.10. The molecular weight excluding hydrogens is 362 g/mol.